The van der Waals surface area contributed by atoms with Crippen molar-refractivity contribution < 1.29 is 14.3 Å². The molecule has 0 saturated carbocycles. The molecule has 26 heavy (non-hydrogen) atoms. The van der Waals surface area contributed by atoms with Gasteiger partial charge in [0.15, 0.2) is 0 Å². The van der Waals surface area contributed by atoms with Crippen molar-refractivity contribution in [3.05, 3.63) is 59.7 Å². The first-order chi connectivity index (χ1) is 12.8. The van der Waals surface area contributed by atoms with Crippen molar-refractivity contribution in [3.63, 3.8) is 0 Å². The summed E-state index contributed by atoms with van der Waals surface area (Å²) in [4.78, 5) is 16.0. The summed E-state index contributed by atoms with van der Waals surface area (Å²) in [5, 5.41) is 0. The van der Waals surface area contributed by atoms with E-state index in [1.165, 1.54) is 0 Å². The largest absolute Gasteiger partial charge is 0.456 e. The van der Waals surface area contributed by atoms with E-state index in [9.17, 15) is 4.79 Å². The maximum Gasteiger partial charge on any atom is 0.409 e. The molecule has 0 spiro atoms. The monoisotopic (exact) mass is 350 g/mol. The number of nitrogens with zero attached hydrogens (tertiary/aromatic N) is 2. The molecule has 5 heteroatoms. The van der Waals surface area contributed by atoms with Crippen LogP contribution in [0.15, 0.2) is 48.5 Å². The van der Waals surface area contributed by atoms with Crippen molar-refractivity contribution in [1.82, 2.24) is 9.80 Å². The minimum atomic E-state index is -0.226. The molecule has 0 bridgehead atoms. The summed E-state index contributed by atoms with van der Waals surface area (Å²) in [5.41, 5.74) is 3.27. The molecular weight excluding hydrogens is 328 g/mol. The molecule has 2 aliphatic rings. The number of carbonyl (C=O) groups is 1. The summed E-state index contributed by atoms with van der Waals surface area (Å²) in [5.74, 6) is 1.72. The van der Waals surface area contributed by atoms with Crippen LogP contribution < -0.4 is 4.74 Å². The zero-order valence-electron chi connectivity index (χ0n) is 14.9. The molecule has 134 valence electrons. The Kier molecular flexibility index (Phi) is 4.52. The number of para-hydroxylation sites is 2. The number of piperazine rings is 1. The van der Waals surface area contributed by atoms with Gasteiger partial charge in [-0.15, -0.1) is 0 Å². The lowest BCUT2D eigenvalue weighted by atomic mass is 10.1. The van der Waals surface area contributed by atoms with Crippen LogP contribution in [0.3, 0.4) is 0 Å². The van der Waals surface area contributed by atoms with Crippen molar-refractivity contribution in [1.29, 1.82) is 0 Å². The molecule has 1 amide bonds. The molecule has 0 aliphatic carbocycles. The first-order valence-corrected chi connectivity index (χ1v) is 9.01. The summed E-state index contributed by atoms with van der Waals surface area (Å²) in [6.07, 6.45) is 1.96. The van der Waals surface area contributed by atoms with E-state index in [0.717, 1.165) is 41.4 Å². The van der Waals surface area contributed by atoms with Gasteiger partial charge < -0.3 is 19.3 Å². The number of fused-ring (bicyclic) bond motifs is 2. The molecule has 1 fully saturated rings. The zero-order valence-corrected chi connectivity index (χ0v) is 14.9. The van der Waals surface area contributed by atoms with Gasteiger partial charge in [-0.2, -0.15) is 0 Å². The Morgan fingerprint density at radius 1 is 1.00 bits per heavy atom. The van der Waals surface area contributed by atoms with E-state index in [-0.39, 0.29) is 6.09 Å². The van der Waals surface area contributed by atoms with Crippen LogP contribution in [0.4, 0.5) is 4.79 Å². The lowest BCUT2D eigenvalue weighted by Gasteiger charge is -2.36. The van der Waals surface area contributed by atoms with E-state index < -0.39 is 0 Å². The predicted molar refractivity (Wildman–Crippen MR) is 101 cm³/mol. The minimum Gasteiger partial charge on any atom is -0.456 e. The fourth-order valence-electron chi connectivity index (χ4n) is 3.41. The summed E-state index contributed by atoms with van der Waals surface area (Å²) in [6.45, 7) is 5.08. The smallest absolute Gasteiger partial charge is 0.409 e. The Morgan fingerprint density at radius 2 is 1.69 bits per heavy atom. The molecule has 2 aromatic carbocycles. The van der Waals surface area contributed by atoms with Gasteiger partial charge in [-0.25, -0.2) is 4.79 Å². The maximum atomic E-state index is 11.9. The van der Waals surface area contributed by atoms with E-state index in [4.69, 9.17) is 9.47 Å². The Bertz CT molecular complexity index is 839. The average molecular weight is 350 g/mol. The fourth-order valence-corrected chi connectivity index (χ4v) is 3.41. The van der Waals surface area contributed by atoms with Gasteiger partial charge in [0.2, 0.25) is 0 Å². The van der Waals surface area contributed by atoms with Gasteiger partial charge in [0.25, 0.3) is 0 Å². The highest BCUT2D eigenvalue weighted by molar-refractivity contribution is 5.86. The number of hydrogen-bond donors (Lipinski definition) is 0. The van der Waals surface area contributed by atoms with E-state index in [1.54, 1.807) is 4.90 Å². The van der Waals surface area contributed by atoms with Crippen molar-refractivity contribution >= 4 is 17.9 Å². The van der Waals surface area contributed by atoms with Crippen LogP contribution in [0.25, 0.3) is 11.8 Å². The van der Waals surface area contributed by atoms with Crippen molar-refractivity contribution in [2.75, 3.05) is 32.8 Å². The summed E-state index contributed by atoms with van der Waals surface area (Å²) in [7, 11) is 0. The highest BCUT2D eigenvalue weighted by Gasteiger charge is 2.26. The highest BCUT2D eigenvalue weighted by Crippen LogP contribution is 2.39. The Labute approximate surface area is 153 Å². The molecule has 1 saturated heterocycles. The standard InChI is InChI=1S/C21H22N2O3/c1-2-25-21(24)23-13-11-22(12-14-23)18-15-16-7-3-5-9-19(16)26-20-10-6-4-8-17(18)20/h3-10,15H,2,11-14H2,1H3. The molecule has 5 nitrogen and oxygen atoms in total. The third kappa shape index (κ3) is 3.12. The zero-order chi connectivity index (χ0) is 17.9. The summed E-state index contributed by atoms with van der Waals surface area (Å²) >= 11 is 0. The predicted octanol–water partition coefficient (Wildman–Crippen LogP) is 4.06. The van der Waals surface area contributed by atoms with Gasteiger partial charge in [0.1, 0.15) is 11.5 Å². The number of rotatable bonds is 2. The fraction of sp³-hybridized carbons (Fsp3) is 0.286. The highest BCUT2D eigenvalue weighted by atomic mass is 16.6. The Morgan fingerprint density at radius 3 is 2.46 bits per heavy atom. The molecule has 0 unspecified atom stereocenters. The van der Waals surface area contributed by atoms with Crippen LogP contribution in [-0.4, -0.2) is 48.7 Å². The second-order valence-electron chi connectivity index (χ2n) is 6.34. The third-order valence-electron chi connectivity index (χ3n) is 4.74. The van der Waals surface area contributed by atoms with Crippen LogP contribution >= 0.6 is 0 Å². The van der Waals surface area contributed by atoms with Crippen molar-refractivity contribution in [2.24, 2.45) is 0 Å². The average Bonchev–Trinajstić information content (AvgIpc) is 2.85. The molecule has 2 aliphatic heterocycles. The molecule has 0 atom stereocenters. The topological polar surface area (TPSA) is 42.0 Å². The van der Waals surface area contributed by atoms with E-state index in [0.29, 0.717) is 19.7 Å². The number of ether oxygens (including phenoxy) is 2. The van der Waals surface area contributed by atoms with Crippen LogP contribution in [0, 0.1) is 0 Å². The lowest BCUT2D eigenvalue weighted by Crippen LogP contribution is -2.48. The minimum absolute atomic E-state index is 0.226. The van der Waals surface area contributed by atoms with Gasteiger partial charge in [0, 0.05) is 43.0 Å². The Balaban J connectivity index is 1.63. The van der Waals surface area contributed by atoms with Gasteiger partial charge in [0.05, 0.1) is 6.61 Å². The third-order valence-corrected chi connectivity index (χ3v) is 4.74. The lowest BCUT2D eigenvalue weighted by molar-refractivity contribution is 0.0907. The van der Waals surface area contributed by atoms with Crippen LogP contribution in [-0.2, 0) is 4.74 Å². The van der Waals surface area contributed by atoms with Crippen molar-refractivity contribution in [2.45, 2.75) is 6.92 Å². The van der Waals surface area contributed by atoms with Gasteiger partial charge in [-0.3, -0.25) is 0 Å². The Hall–Kier alpha value is -2.95. The number of carbonyl (C=O) groups excluding carboxylic acids is 1. The summed E-state index contributed by atoms with van der Waals surface area (Å²) < 4.78 is 11.3. The first-order valence-electron chi connectivity index (χ1n) is 9.01. The van der Waals surface area contributed by atoms with Gasteiger partial charge in [-0.1, -0.05) is 30.3 Å². The van der Waals surface area contributed by atoms with E-state index in [2.05, 4.69) is 23.1 Å². The summed E-state index contributed by atoms with van der Waals surface area (Å²) in [6, 6.07) is 16.2. The first kappa shape index (κ1) is 16.5. The van der Waals surface area contributed by atoms with Crippen LogP contribution in [0.5, 0.6) is 11.5 Å². The van der Waals surface area contributed by atoms with E-state index >= 15 is 0 Å². The normalized spacial score (nSPS) is 16.0. The van der Waals surface area contributed by atoms with Crippen molar-refractivity contribution in [3.8, 4) is 11.5 Å². The molecular formula is C21H22N2O3. The molecule has 0 aromatic heterocycles. The molecule has 4 rings (SSSR count). The van der Waals surface area contributed by atoms with E-state index in [1.807, 2.05) is 43.3 Å². The van der Waals surface area contributed by atoms with Gasteiger partial charge in [-0.05, 0) is 31.2 Å². The second kappa shape index (κ2) is 7.12. The second-order valence-corrected chi connectivity index (χ2v) is 6.34. The molecule has 0 N–H and O–H groups in total. The number of amides is 1. The molecule has 0 radical (unpaired) electrons. The number of hydrogen-bond acceptors (Lipinski definition) is 4. The SMILES string of the molecule is CCOC(=O)N1CCN(C2=Cc3ccccc3Oc3ccccc32)CC1. The van der Waals surface area contributed by atoms with Gasteiger partial charge >= 0.3 is 6.09 Å². The number of benzene rings is 2. The van der Waals surface area contributed by atoms with Crippen LogP contribution in [0.2, 0.25) is 0 Å². The molecule has 2 aromatic rings. The molecule has 2 heterocycles. The quantitative estimate of drug-likeness (QED) is 0.819. The maximum absolute atomic E-state index is 11.9. The van der Waals surface area contributed by atoms with Crippen LogP contribution in [0.1, 0.15) is 18.1 Å².